The van der Waals surface area contributed by atoms with E-state index in [4.69, 9.17) is 0 Å². The number of aryl methyl sites for hydroxylation is 2. The summed E-state index contributed by atoms with van der Waals surface area (Å²) < 4.78 is 2.15. The summed E-state index contributed by atoms with van der Waals surface area (Å²) in [6, 6.07) is 32.0. The second kappa shape index (κ2) is 13.1. The molecule has 4 rings (SSSR count). The topological polar surface area (TPSA) is 40.6 Å². The van der Waals surface area contributed by atoms with E-state index in [-0.39, 0.29) is 38.1 Å². The van der Waals surface area contributed by atoms with Gasteiger partial charge in [-0.1, -0.05) is 0 Å². The minimum atomic E-state index is 0.0207. The van der Waals surface area contributed by atoms with Crippen LogP contribution in [0.3, 0.4) is 0 Å². The quantitative estimate of drug-likeness (QED) is 0.246. The van der Waals surface area contributed by atoms with E-state index in [0.717, 1.165) is 42.6 Å². The first-order valence-electron chi connectivity index (χ1n) is 12.7. The zero-order valence-corrected chi connectivity index (χ0v) is 25.6. The van der Waals surface area contributed by atoms with E-state index in [2.05, 4.69) is 24.3 Å². The predicted octanol–water partition coefficient (Wildman–Crippen LogP) is 4.91. The van der Waals surface area contributed by atoms with Gasteiger partial charge in [0.05, 0.1) is 0 Å². The van der Waals surface area contributed by atoms with Gasteiger partial charge in [-0.15, -0.1) is 0 Å². The van der Waals surface area contributed by atoms with Crippen molar-refractivity contribution in [3.63, 3.8) is 0 Å². The summed E-state index contributed by atoms with van der Waals surface area (Å²) in [4.78, 5) is 31.1. The monoisotopic (exact) mass is 636 g/mol. The van der Waals surface area contributed by atoms with E-state index in [0.29, 0.717) is 13.1 Å². The number of amides is 2. The Morgan fingerprint density at radius 1 is 0.579 bits per heavy atom. The molecular weight excluding hydrogens is 602 g/mol. The first kappa shape index (κ1) is 27.9. The van der Waals surface area contributed by atoms with Crippen LogP contribution in [0.2, 0.25) is 0 Å². The standard InChI is InChI=1S/C32H32N2O2Se2/c1-5-33(25-15-11-13-23(3)21-25)31(35)27-17-7-9-19-29(27)37-38-30-20-10-8-18-28(30)32(36)34(6-2)26-16-12-14-24(4)22-26/h7-22H,5-6H2,1-4H3. The molecule has 0 saturated carbocycles. The van der Waals surface area contributed by atoms with Gasteiger partial charge in [0, 0.05) is 0 Å². The molecule has 0 spiro atoms. The van der Waals surface area contributed by atoms with Gasteiger partial charge in [-0.05, 0) is 0 Å². The van der Waals surface area contributed by atoms with Crippen molar-refractivity contribution in [3.05, 3.63) is 119 Å². The molecule has 6 heteroatoms. The van der Waals surface area contributed by atoms with Gasteiger partial charge in [0.15, 0.2) is 0 Å². The number of anilines is 2. The maximum atomic E-state index is 13.7. The summed E-state index contributed by atoms with van der Waals surface area (Å²) in [5, 5.41) is 0. The molecule has 0 fully saturated rings. The molecule has 2 amide bonds. The van der Waals surface area contributed by atoms with Gasteiger partial charge in [-0.25, -0.2) is 0 Å². The third-order valence-electron chi connectivity index (χ3n) is 6.21. The molecule has 4 aromatic rings. The molecule has 4 aromatic carbocycles. The van der Waals surface area contributed by atoms with E-state index in [9.17, 15) is 9.59 Å². The van der Waals surface area contributed by atoms with Crippen LogP contribution in [-0.2, 0) is 0 Å². The number of rotatable bonds is 9. The van der Waals surface area contributed by atoms with Crippen LogP contribution < -0.4 is 18.7 Å². The molecule has 0 saturated heterocycles. The Hall–Kier alpha value is -3.14. The molecule has 0 bridgehead atoms. The molecule has 0 aromatic heterocycles. The molecule has 194 valence electrons. The Morgan fingerprint density at radius 2 is 0.974 bits per heavy atom. The van der Waals surface area contributed by atoms with E-state index in [1.54, 1.807) is 0 Å². The molecular formula is C32H32N2O2Se2. The number of hydrogen-bond acceptors (Lipinski definition) is 2. The second-order valence-corrected chi connectivity index (χ2v) is 15.1. The van der Waals surface area contributed by atoms with E-state index >= 15 is 0 Å². The van der Waals surface area contributed by atoms with Crippen LogP contribution >= 0.6 is 0 Å². The fraction of sp³-hybridized carbons (Fsp3) is 0.188. The molecule has 0 radical (unpaired) electrons. The van der Waals surface area contributed by atoms with Crippen LogP contribution in [0.1, 0.15) is 45.7 Å². The Labute approximate surface area is 236 Å². The first-order valence-corrected chi connectivity index (χ1v) is 18.8. The van der Waals surface area contributed by atoms with Crippen molar-refractivity contribution >= 4 is 58.4 Å². The average molecular weight is 635 g/mol. The molecule has 38 heavy (non-hydrogen) atoms. The fourth-order valence-electron chi connectivity index (χ4n) is 4.29. The minimum absolute atomic E-state index is 0.0207. The van der Waals surface area contributed by atoms with E-state index in [1.165, 1.54) is 0 Å². The molecule has 0 atom stereocenters. The molecule has 0 heterocycles. The molecule has 0 aliphatic carbocycles. The average Bonchev–Trinajstić information content (AvgIpc) is 2.93. The van der Waals surface area contributed by atoms with E-state index in [1.807, 2.05) is 110 Å². The van der Waals surface area contributed by atoms with Crippen molar-refractivity contribution < 1.29 is 9.59 Å². The number of hydrogen-bond donors (Lipinski definition) is 0. The number of carbonyl (C=O) groups is 2. The Bertz CT molecular complexity index is 1330. The Balaban J connectivity index is 1.58. The zero-order valence-electron chi connectivity index (χ0n) is 22.2. The van der Waals surface area contributed by atoms with Crippen LogP contribution in [0.5, 0.6) is 0 Å². The van der Waals surface area contributed by atoms with Crippen LogP contribution in [0.25, 0.3) is 0 Å². The third-order valence-corrected chi connectivity index (χ3v) is 13.5. The van der Waals surface area contributed by atoms with Crippen molar-refractivity contribution in [2.75, 3.05) is 22.9 Å². The number of nitrogens with zero attached hydrogens (tertiary/aromatic N) is 2. The zero-order chi connectivity index (χ0) is 27.1. The summed E-state index contributed by atoms with van der Waals surface area (Å²) in [6.07, 6.45) is 0. The van der Waals surface area contributed by atoms with Gasteiger partial charge in [-0.3, -0.25) is 0 Å². The van der Waals surface area contributed by atoms with Gasteiger partial charge in [0.1, 0.15) is 0 Å². The summed E-state index contributed by atoms with van der Waals surface area (Å²) in [6.45, 7) is 9.29. The van der Waals surface area contributed by atoms with E-state index < -0.39 is 0 Å². The number of benzene rings is 4. The fourth-order valence-corrected chi connectivity index (χ4v) is 11.4. The van der Waals surface area contributed by atoms with Gasteiger partial charge in [0.25, 0.3) is 0 Å². The third kappa shape index (κ3) is 6.46. The van der Waals surface area contributed by atoms with Crippen LogP contribution in [0, 0.1) is 13.8 Å². The van der Waals surface area contributed by atoms with Crippen LogP contribution in [-0.4, -0.2) is 51.2 Å². The Kier molecular flexibility index (Phi) is 9.60. The van der Waals surface area contributed by atoms with Gasteiger partial charge in [0.2, 0.25) is 0 Å². The maximum absolute atomic E-state index is 13.7. The first-order chi connectivity index (χ1) is 18.4. The SMILES string of the molecule is CCN(C(=O)c1ccccc1[Se][Se]c1ccccc1C(=O)N(CC)c1cccc(C)c1)c1cccc(C)c1. The van der Waals surface area contributed by atoms with Gasteiger partial charge < -0.3 is 0 Å². The summed E-state index contributed by atoms with van der Waals surface area (Å²) in [5.41, 5.74) is 5.58. The summed E-state index contributed by atoms with van der Waals surface area (Å²) in [5.74, 6) is 0.0414. The molecule has 0 aliphatic rings. The van der Waals surface area contributed by atoms with Crippen molar-refractivity contribution in [2.24, 2.45) is 0 Å². The van der Waals surface area contributed by atoms with Crippen molar-refractivity contribution in [1.29, 1.82) is 0 Å². The van der Waals surface area contributed by atoms with Crippen LogP contribution in [0.4, 0.5) is 11.4 Å². The molecule has 0 unspecified atom stereocenters. The Morgan fingerprint density at radius 3 is 1.34 bits per heavy atom. The summed E-state index contributed by atoms with van der Waals surface area (Å²) in [7, 11) is 0. The van der Waals surface area contributed by atoms with Gasteiger partial charge >= 0.3 is 238 Å². The second-order valence-electron chi connectivity index (χ2n) is 8.94. The molecule has 4 nitrogen and oxygen atoms in total. The van der Waals surface area contributed by atoms with Gasteiger partial charge in [-0.2, -0.15) is 0 Å². The van der Waals surface area contributed by atoms with Crippen molar-refractivity contribution in [1.82, 2.24) is 0 Å². The molecule has 0 aliphatic heterocycles. The van der Waals surface area contributed by atoms with Crippen LogP contribution in [0.15, 0.2) is 97.1 Å². The van der Waals surface area contributed by atoms with Crippen molar-refractivity contribution in [2.45, 2.75) is 27.7 Å². The van der Waals surface area contributed by atoms with Crippen molar-refractivity contribution in [3.8, 4) is 0 Å². The number of carbonyl (C=O) groups excluding carboxylic acids is 2. The molecule has 0 N–H and O–H groups in total. The normalized spacial score (nSPS) is 10.7. The predicted molar refractivity (Wildman–Crippen MR) is 161 cm³/mol. The summed E-state index contributed by atoms with van der Waals surface area (Å²) >= 11 is 0.0596.